The number of hydrogen-bond acceptors (Lipinski definition) is 3. The predicted octanol–water partition coefficient (Wildman–Crippen LogP) is 2.43. The number of carbonyl (C=O) groups excluding carboxylic acids is 1. The minimum Gasteiger partial charge on any atom is -0.294 e. The number of Topliss-reactive ketones (excluding diaryl/α,β-unsaturated/α-hetero) is 1. The molecule has 1 aromatic rings. The second-order valence-corrected chi connectivity index (χ2v) is 7.57. The van der Waals surface area contributed by atoms with Crippen LogP contribution in [0.1, 0.15) is 23.2 Å². The van der Waals surface area contributed by atoms with Gasteiger partial charge in [0.2, 0.25) is 10.0 Å². The number of nitrogens with zero attached hydrogens (tertiary/aromatic N) is 1. The third kappa shape index (κ3) is 2.59. The summed E-state index contributed by atoms with van der Waals surface area (Å²) >= 11 is 3.07. The molecule has 0 unspecified atom stereocenters. The Morgan fingerprint density at radius 1 is 1.37 bits per heavy atom. The zero-order chi connectivity index (χ0) is 14.4. The van der Waals surface area contributed by atoms with E-state index in [2.05, 4.69) is 15.9 Å². The van der Waals surface area contributed by atoms with Crippen LogP contribution in [0, 0.1) is 11.7 Å². The van der Waals surface area contributed by atoms with Crippen molar-refractivity contribution < 1.29 is 17.6 Å². The van der Waals surface area contributed by atoms with Crippen LogP contribution in [0.4, 0.5) is 4.39 Å². The van der Waals surface area contributed by atoms with Gasteiger partial charge in [-0.15, -0.1) is 0 Å². The van der Waals surface area contributed by atoms with E-state index in [-0.39, 0.29) is 26.6 Å². The van der Waals surface area contributed by atoms with E-state index < -0.39 is 15.8 Å². The average Bonchev–Trinajstić information content (AvgIpc) is 3.11. The number of halogens is 2. The van der Waals surface area contributed by atoms with Gasteiger partial charge in [0.1, 0.15) is 5.82 Å². The molecule has 4 nitrogen and oxygen atoms in total. The van der Waals surface area contributed by atoms with Gasteiger partial charge in [-0.2, -0.15) is 0 Å². The molecule has 0 atom stereocenters. The van der Waals surface area contributed by atoms with E-state index in [9.17, 15) is 17.6 Å². The van der Waals surface area contributed by atoms with Crippen molar-refractivity contribution in [3.05, 3.63) is 28.0 Å². The molecular formula is C12H13BrFNO3S. The van der Waals surface area contributed by atoms with E-state index in [1.165, 1.54) is 20.2 Å². The summed E-state index contributed by atoms with van der Waals surface area (Å²) < 4.78 is 39.0. The van der Waals surface area contributed by atoms with Gasteiger partial charge in [-0.1, -0.05) is 0 Å². The molecule has 0 bridgehead atoms. The molecule has 1 saturated carbocycles. The first kappa shape index (κ1) is 14.6. The molecule has 1 aliphatic carbocycles. The number of ketones is 1. The van der Waals surface area contributed by atoms with E-state index in [1.54, 1.807) is 0 Å². The van der Waals surface area contributed by atoms with Crippen molar-refractivity contribution in [1.82, 2.24) is 4.31 Å². The molecule has 0 saturated heterocycles. The highest BCUT2D eigenvalue weighted by Crippen LogP contribution is 2.37. The lowest BCUT2D eigenvalue weighted by Gasteiger charge is -2.15. The zero-order valence-electron chi connectivity index (χ0n) is 10.5. The van der Waals surface area contributed by atoms with Crippen LogP contribution < -0.4 is 0 Å². The van der Waals surface area contributed by atoms with Crippen molar-refractivity contribution in [2.75, 3.05) is 14.1 Å². The first-order chi connectivity index (χ1) is 8.76. The maximum absolute atomic E-state index is 13.8. The van der Waals surface area contributed by atoms with Crippen LogP contribution in [0.5, 0.6) is 0 Å². The van der Waals surface area contributed by atoms with Crippen molar-refractivity contribution in [2.45, 2.75) is 17.7 Å². The summed E-state index contributed by atoms with van der Waals surface area (Å²) in [5.74, 6) is -1.20. The Labute approximate surface area is 119 Å². The van der Waals surface area contributed by atoms with Crippen molar-refractivity contribution in [3.8, 4) is 0 Å². The van der Waals surface area contributed by atoms with E-state index in [0.717, 1.165) is 23.2 Å². The minimum absolute atomic E-state index is 0.0121. The summed E-state index contributed by atoms with van der Waals surface area (Å²) in [6, 6.07) is 2.19. The first-order valence-electron chi connectivity index (χ1n) is 5.71. The molecule has 0 aliphatic heterocycles. The SMILES string of the molecule is CN(C)S(=O)(=O)c1ccc(F)c(C(=O)C2CC2)c1Br. The summed E-state index contributed by atoms with van der Waals surface area (Å²) in [4.78, 5) is 11.9. The minimum atomic E-state index is -3.72. The first-order valence-corrected chi connectivity index (χ1v) is 7.95. The average molecular weight is 350 g/mol. The van der Waals surface area contributed by atoms with Crippen LogP contribution in [0.25, 0.3) is 0 Å². The number of benzene rings is 1. The predicted molar refractivity (Wildman–Crippen MR) is 72.0 cm³/mol. The van der Waals surface area contributed by atoms with Gasteiger partial charge in [-0.05, 0) is 40.9 Å². The smallest absolute Gasteiger partial charge is 0.243 e. The van der Waals surface area contributed by atoms with Crippen molar-refractivity contribution in [3.63, 3.8) is 0 Å². The molecule has 0 amide bonds. The maximum atomic E-state index is 13.8. The highest BCUT2D eigenvalue weighted by Gasteiger charge is 2.35. The summed E-state index contributed by atoms with van der Waals surface area (Å²) in [6.45, 7) is 0. The van der Waals surface area contributed by atoms with Gasteiger partial charge in [0, 0.05) is 20.0 Å². The van der Waals surface area contributed by atoms with Gasteiger partial charge >= 0.3 is 0 Å². The monoisotopic (exact) mass is 349 g/mol. The lowest BCUT2D eigenvalue weighted by atomic mass is 10.1. The second kappa shape index (κ2) is 4.96. The summed E-state index contributed by atoms with van der Waals surface area (Å²) in [7, 11) is -0.953. The lowest BCUT2D eigenvalue weighted by molar-refractivity contribution is 0.0962. The Bertz CT molecular complexity index is 639. The molecule has 0 spiro atoms. The van der Waals surface area contributed by atoms with Crippen LogP contribution in [0.3, 0.4) is 0 Å². The largest absolute Gasteiger partial charge is 0.294 e. The number of rotatable bonds is 4. The Hall–Kier alpha value is -0.790. The molecule has 1 aromatic carbocycles. The van der Waals surface area contributed by atoms with Gasteiger partial charge in [0.25, 0.3) is 0 Å². The quantitative estimate of drug-likeness (QED) is 0.784. The zero-order valence-corrected chi connectivity index (χ0v) is 12.9. The van der Waals surface area contributed by atoms with Crippen LogP contribution >= 0.6 is 15.9 Å². The van der Waals surface area contributed by atoms with Crippen LogP contribution in [-0.4, -0.2) is 32.6 Å². The van der Waals surface area contributed by atoms with Gasteiger partial charge < -0.3 is 0 Å². The Balaban J connectivity index is 2.60. The Kier molecular flexibility index (Phi) is 3.81. The van der Waals surface area contributed by atoms with Crippen molar-refractivity contribution >= 4 is 31.7 Å². The summed E-state index contributed by atoms with van der Waals surface area (Å²) in [5.41, 5.74) is -0.162. The van der Waals surface area contributed by atoms with E-state index >= 15 is 0 Å². The molecule has 0 heterocycles. The van der Waals surface area contributed by atoms with Gasteiger partial charge in [-0.25, -0.2) is 17.1 Å². The summed E-state index contributed by atoms with van der Waals surface area (Å²) in [6.07, 6.45) is 1.46. The molecular weight excluding hydrogens is 337 g/mol. The molecule has 1 aliphatic rings. The molecule has 0 radical (unpaired) electrons. The number of sulfonamides is 1. The third-order valence-corrected chi connectivity index (χ3v) is 5.95. The highest BCUT2D eigenvalue weighted by molar-refractivity contribution is 9.10. The van der Waals surface area contributed by atoms with Crippen LogP contribution in [0.2, 0.25) is 0 Å². The van der Waals surface area contributed by atoms with Crippen molar-refractivity contribution in [2.24, 2.45) is 5.92 Å². The second-order valence-electron chi connectivity index (χ2n) is 4.66. The fourth-order valence-corrected chi connectivity index (χ4v) is 3.80. The summed E-state index contributed by atoms with van der Waals surface area (Å²) in [5, 5.41) is 0. The molecule has 0 aromatic heterocycles. The molecule has 2 rings (SSSR count). The van der Waals surface area contributed by atoms with E-state index in [4.69, 9.17) is 0 Å². The molecule has 19 heavy (non-hydrogen) atoms. The number of hydrogen-bond donors (Lipinski definition) is 0. The lowest BCUT2D eigenvalue weighted by Crippen LogP contribution is -2.23. The van der Waals surface area contributed by atoms with E-state index in [1.807, 2.05) is 0 Å². The molecule has 0 N–H and O–H groups in total. The fourth-order valence-electron chi connectivity index (χ4n) is 1.70. The van der Waals surface area contributed by atoms with Gasteiger partial charge in [0.15, 0.2) is 5.78 Å². The van der Waals surface area contributed by atoms with Gasteiger partial charge in [-0.3, -0.25) is 4.79 Å². The Morgan fingerprint density at radius 3 is 2.42 bits per heavy atom. The highest BCUT2D eigenvalue weighted by atomic mass is 79.9. The van der Waals surface area contributed by atoms with E-state index in [0.29, 0.717) is 0 Å². The van der Waals surface area contributed by atoms with Crippen LogP contribution in [-0.2, 0) is 10.0 Å². The molecule has 7 heteroatoms. The molecule has 104 valence electrons. The third-order valence-electron chi connectivity index (χ3n) is 3.01. The topological polar surface area (TPSA) is 54.5 Å². The Morgan fingerprint density at radius 2 is 1.95 bits per heavy atom. The fraction of sp³-hybridized carbons (Fsp3) is 0.417. The van der Waals surface area contributed by atoms with Crippen LogP contribution in [0.15, 0.2) is 21.5 Å². The molecule has 1 fully saturated rings. The van der Waals surface area contributed by atoms with Gasteiger partial charge in [0.05, 0.1) is 14.9 Å². The standard InChI is InChI=1S/C12H13BrFNO3S/c1-15(2)19(17,18)9-6-5-8(14)10(11(9)13)12(16)7-3-4-7/h5-7H,3-4H2,1-2H3. The normalized spacial score (nSPS) is 15.8. The number of carbonyl (C=O) groups is 1. The maximum Gasteiger partial charge on any atom is 0.243 e. The van der Waals surface area contributed by atoms with Crippen molar-refractivity contribution in [1.29, 1.82) is 0 Å².